The monoisotopic (exact) mass is 241 g/mol. The molecule has 16 heavy (non-hydrogen) atoms. The molecule has 0 heterocycles. The smallest absolute Gasteiger partial charge is 0.339 e. The number of halogens is 1. The van der Waals surface area contributed by atoms with Crippen molar-refractivity contribution in [3.8, 4) is 0 Å². The zero-order valence-electron chi connectivity index (χ0n) is 9.50. The van der Waals surface area contributed by atoms with Crippen molar-refractivity contribution in [1.29, 1.82) is 0 Å². The van der Waals surface area contributed by atoms with Crippen molar-refractivity contribution in [3.63, 3.8) is 0 Å². The van der Waals surface area contributed by atoms with E-state index >= 15 is 0 Å². The summed E-state index contributed by atoms with van der Waals surface area (Å²) in [4.78, 5) is 11.6. The highest BCUT2D eigenvalue weighted by Gasteiger charge is 2.12. The minimum absolute atomic E-state index is 0.324. The van der Waals surface area contributed by atoms with Crippen LogP contribution in [0.2, 0.25) is 5.02 Å². The van der Waals surface area contributed by atoms with Gasteiger partial charge < -0.3 is 10.5 Å². The maximum atomic E-state index is 11.6. The molecule has 0 amide bonds. The van der Waals surface area contributed by atoms with E-state index in [2.05, 4.69) is 13.8 Å². The lowest BCUT2D eigenvalue weighted by molar-refractivity contribution is 0.0488. The van der Waals surface area contributed by atoms with Crippen LogP contribution in [0.1, 0.15) is 30.6 Å². The summed E-state index contributed by atoms with van der Waals surface area (Å²) in [6.45, 7) is 4.55. The third-order valence-corrected chi connectivity index (χ3v) is 2.47. The molecule has 0 radical (unpaired) electrons. The van der Waals surface area contributed by atoms with E-state index in [4.69, 9.17) is 22.1 Å². The van der Waals surface area contributed by atoms with Crippen molar-refractivity contribution in [3.05, 3.63) is 28.8 Å². The molecular formula is C12H16ClNO2. The predicted octanol–water partition coefficient (Wildman–Crippen LogP) is 3.13. The number of carbonyl (C=O) groups excluding carboxylic acids is 1. The van der Waals surface area contributed by atoms with Crippen molar-refractivity contribution >= 4 is 23.3 Å². The van der Waals surface area contributed by atoms with E-state index in [1.165, 1.54) is 6.07 Å². The van der Waals surface area contributed by atoms with Crippen LogP contribution in [0.25, 0.3) is 0 Å². The molecule has 0 unspecified atom stereocenters. The second kappa shape index (κ2) is 5.75. The van der Waals surface area contributed by atoms with Crippen LogP contribution in [0.3, 0.4) is 0 Å². The molecule has 0 fully saturated rings. The lowest BCUT2D eigenvalue weighted by Crippen LogP contribution is -2.09. The first kappa shape index (κ1) is 12.8. The summed E-state index contributed by atoms with van der Waals surface area (Å²) in [5.41, 5.74) is 6.40. The van der Waals surface area contributed by atoms with Gasteiger partial charge in [-0.15, -0.1) is 0 Å². The van der Waals surface area contributed by atoms with Crippen molar-refractivity contribution in [2.24, 2.45) is 5.92 Å². The first-order valence-corrected chi connectivity index (χ1v) is 5.60. The van der Waals surface area contributed by atoms with Gasteiger partial charge in [0, 0.05) is 5.69 Å². The van der Waals surface area contributed by atoms with Crippen LogP contribution in [0.4, 0.5) is 5.69 Å². The highest BCUT2D eigenvalue weighted by molar-refractivity contribution is 6.33. The third-order valence-electron chi connectivity index (χ3n) is 2.14. The van der Waals surface area contributed by atoms with Crippen LogP contribution >= 0.6 is 11.6 Å². The van der Waals surface area contributed by atoms with E-state index in [1.54, 1.807) is 12.1 Å². The van der Waals surface area contributed by atoms with E-state index in [-0.39, 0.29) is 0 Å². The number of esters is 1. The summed E-state index contributed by atoms with van der Waals surface area (Å²) in [6, 6.07) is 4.77. The van der Waals surface area contributed by atoms with E-state index in [9.17, 15) is 4.79 Å². The minimum Gasteiger partial charge on any atom is -0.462 e. The Kier molecular flexibility index (Phi) is 4.62. The summed E-state index contributed by atoms with van der Waals surface area (Å²) in [5.74, 6) is 0.0852. The number of carbonyl (C=O) groups is 1. The summed E-state index contributed by atoms with van der Waals surface area (Å²) in [7, 11) is 0. The number of hydrogen-bond acceptors (Lipinski definition) is 3. The molecule has 0 aliphatic carbocycles. The van der Waals surface area contributed by atoms with Crippen molar-refractivity contribution in [2.45, 2.75) is 20.3 Å². The van der Waals surface area contributed by atoms with Crippen LogP contribution in [-0.2, 0) is 4.74 Å². The highest BCUT2D eigenvalue weighted by Crippen LogP contribution is 2.19. The second-order valence-corrected chi connectivity index (χ2v) is 4.46. The Balaban J connectivity index is 2.62. The number of ether oxygens (including phenoxy) is 1. The van der Waals surface area contributed by atoms with Crippen molar-refractivity contribution in [1.82, 2.24) is 0 Å². The second-order valence-electron chi connectivity index (χ2n) is 4.06. The Morgan fingerprint density at radius 3 is 2.81 bits per heavy atom. The summed E-state index contributed by atoms with van der Waals surface area (Å²) >= 11 is 5.88. The molecule has 1 rings (SSSR count). The molecule has 0 bridgehead atoms. The van der Waals surface area contributed by atoms with E-state index in [0.29, 0.717) is 28.8 Å². The van der Waals surface area contributed by atoms with Gasteiger partial charge in [-0.3, -0.25) is 0 Å². The van der Waals surface area contributed by atoms with E-state index in [0.717, 1.165) is 6.42 Å². The van der Waals surface area contributed by atoms with E-state index < -0.39 is 5.97 Å². The molecule has 0 saturated carbocycles. The first-order valence-electron chi connectivity index (χ1n) is 5.23. The fourth-order valence-corrected chi connectivity index (χ4v) is 1.36. The van der Waals surface area contributed by atoms with Gasteiger partial charge in [0.15, 0.2) is 0 Å². The van der Waals surface area contributed by atoms with Gasteiger partial charge in [0.05, 0.1) is 17.2 Å². The molecular weight excluding hydrogens is 226 g/mol. The maximum Gasteiger partial charge on any atom is 0.339 e. The molecule has 0 atom stereocenters. The largest absolute Gasteiger partial charge is 0.462 e. The molecule has 0 aliphatic rings. The summed E-state index contributed by atoms with van der Waals surface area (Å²) < 4.78 is 5.10. The number of anilines is 1. The Morgan fingerprint density at radius 1 is 1.50 bits per heavy atom. The van der Waals surface area contributed by atoms with Gasteiger partial charge in [0.2, 0.25) is 0 Å². The predicted molar refractivity (Wildman–Crippen MR) is 65.6 cm³/mol. The average Bonchev–Trinajstić information content (AvgIpc) is 2.21. The van der Waals surface area contributed by atoms with Crippen LogP contribution in [-0.4, -0.2) is 12.6 Å². The number of rotatable bonds is 4. The Morgan fingerprint density at radius 2 is 2.19 bits per heavy atom. The molecule has 1 aromatic carbocycles. The maximum absolute atomic E-state index is 11.6. The van der Waals surface area contributed by atoms with Crippen molar-refractivity contribution < 1.29 is 9.53 Å². The first-order chi connectivity index (χ1) is 7.50. The fourth-order valence-electron chi connectivity index (χ4n) is 1.16. The van der Waals surface area contributed by atoms with Gasteiger partial charge in [-0.2, -0.15) is 0 Å². The molecule has 4 heteroatoms. The van der Waals surface area contributed by atoms with Crippen LogP contribution < -0.4 is 5.73 Å². The molecule has 88 valence electrons. The van der Waals surface area contributed by atoms with Gasteiger partial charge >= 0.3 is 5.97 Å². The fraction of sp³-hybridized carbons (Fsp3) is 0.417. The van der Waals surface area contributed by atoms with Crippen LogP contribution in [0.15, 0.2) is 18.2 Å². The molecule has 0 aromatic heterocycles. The standard InChI is InChI=1S/C12H16ClNO2/c1-8(2)5-6-16-12(15)10-7-9(14)3-4-11(10)13/h3-4,7-8H,5-6,14H2,1-2H3. The van der Waals surface area contributed by atoms with Crippen molar-refractivity contribution in [2.75, 3.05) is 12.3 Å². The Bertz CT molecular complexity index is 377. The third kappa shape index (κ3) is 3.74. The molecule has 0 aliphatic heterocycles. The zero-order valence-corrected chi connectivity index (χ0v) is 10.3. The van der Waals surface area contributed by atoms with Gasteiger partial charge in [0.1, 0.15) is 0 Å². The quantitative estimate of drug-likeness (QED) is 0.651. The highest BCUT2D eigenvalue weighted by atomic mass is 35.5. The summed E-state index contributed by atoms with van der Waals surface area (Å²) in [6.07, 6.45) is 0.839. The van der Waals surface area contributed by atoms with Gasteiger partial charge in [-0.1, -0.05) is 25.4 Å². The SMILES string of the molecule is CC(C)CCOC(=O)c1cc(N)ccc1Cl. The van der Waals surface area contributed by atoms with E-state index in [1.807, 2.05) is 0 Å². The Labute approximate surface area is 101 Å². The lowest BCUT2D eigenvalue weighted by Gasteiger charge is -2.08. The Hall–Kier alpha value is -1.22. The lowest BCUT2D eigenvalue weighted by atomic mass is 10.1. The summed E-state index contributed by atoms with van der Waals surface area (Å²) in [5, 5.41) is 0.365. The van der Waals surface area contributed by atoms with Gasteiger partial charge in [-0.05, 0) is 30.5 Å². The van der Waals surface area contributed by atoms with Gasteiger partial charge in [-0.25, -0.2) is 4.79 Å². The number of benzene rings is 1. The minimum atomic E-state index is -0.419. The number of nitrogen functional groups attached to an aromatic ring is 1. The molecule has 1 aromatic rings. The topological polar surface area (TPSA) is 52.3 Å². The van der Waals surface area contributed by atoms with Crippen LogP contribution in [0, 0.1) is 5.92 Å². The van der Waals surface area contributed by atoms with Crippen LogP contribution in [0.5, 0.6) is 0 Å². The molecule has 3 nitrogen and oxygen atoms in total. The molecule has 2 N–H and O–H groups in total. The zero-order chi connectivity index (χ0) is 12.1. The molecule has 0 spiro atoms. The normalized spacial score (nSPS) is 10.5. The number of nitrogens with two attached hydrogens (primary N) is 1. The van der Waals surface area contributed by atoms with Gasteiger partial charge in [0.25, 0.3) is 0 Å². The average molecular weight is 242 g/mol. The molecule has 0 saturated heterocycles. The number of hydrogen-bond donors (Lipinski definition) is 1.